The molecule has 1 spiro atoms. The van der Waals surface area contributed by atoms with Crippen LogP contribution in [0.15, 0.2) is 16.7 Å². The largest absolute Gasteiger partial charge is 0.480 e. The first-order valence-corrected chi connectivity index (χ1v) is 10.0. The van der Waals surface area contributed by atoms with Crippen molar-refractivity contribution in [2.24, 2.45) is 5.41 Å². The van der Waals surface area contributed by atoms with Crippen LogP contribution < -0.4 is 5.32 Å². The van der Waals surface area contributed by atoms with Crippen molar-refractivity contribution in [1.82, 2.24) is 10.2 Å². The van der Waals surface area contributed by atoms with E-state index in [4.69, 9.17) is 4.42 Å². The normalized spacial score (nSPS) is 21.5. The van der Waals surface area contributed by atoms with Gasteiger partial charge in [0.05, 0.1) is 12.7 Å². The molecule has 0 unspecified atom stereocenters. The topological polar surface area (TPSA) is 82.8 Å². The van der Waals surface area contributed by atoms with E-state index in [1.807, 2.05) is 13.8 Å². The van der Waals surface area contributed by atoms with Crippen molar-refractivity contribution in [1.29, 1.82) is 0 Å². The van der Waals surface area contributed by atoms with E-state index in [1.54, 1.807) is 11.2 Å². The SMILES string of the molecule is Cc1cc(C)c2c(CC(=O)N3CC4(CCNCC4)C[C@H]3C(=O)O)coc2c1C. The molecule has 6 nitrogen and oxygen atoms in total. The van der Waals surface area contributed by atoms with Gasteiger partial charge in [-0.3, -0.25) is 4.79 Å². The number of rotatable bonds is 3. The Hall–Kier alpha value is -2.34. The van der Waals surface area contributed by atoms with Crippen molar-refractivity contribution in [3.63, 3.8) is 0 Å². The van der Waals surface area contributed by atoms with Crippen molar-refractivity contribution in [2.45, 2.75) is 52.5 Å². The standard InChI is InChI=1S/C22H28N2O4/c1-13-8-14(2)19-16(11-28-20(19)15(13)3)9-18(25)24-12-22(4-6-23-7-5-22)10-17(24)21(26)27/h8,11,17,23H,4-7,9-10,12H2,1-3H3,(H,26,27)/t17-/m0/s1. The Morgan fingerprint density at radius 3 is 2.64 bits per heavy atom. The third kappa shape index (κ3) is 3.09. The van der Waals surface area contributed by atoms with Crippen molar-refractivity contribution in [3.8, 4) is 0 Å². The molecule has 1 aromatic carbocycles. The number of furan rings is 1. The summed E-state index contributed by atoms with van der Waals surface area (Å²) in [5, 5.41) is 14.0. The smallest absolute Gasteiger partial charge is 0.326 e. The lowest BCUT2D eigenvalue weighted by Gasteiger charge is -2.33. The van der Waals surface area contributed by atoms with Crippen LogP contribution in [0, 0.1) is 26.2 Å². The predicted octanol–water partition coefficient (Wildman–Crippen LogP) is 2.96. The van der Waals surface area contributed by atoms with Crippen LogP contribution in [0.4, 0.5) is 0 Å². The van der Waals surface area contributed by atoms with E-state index in [0.29, 0.717) is 13.0 Å². The zero-order chi connectivity index (χ0) is 20.1. The summed E-state index contributed by atoms with van der Waals surface area (Å²) in [4.78, 5) is 26.6. The quantitative estimate of drug-likeness (QED) is 0.850. The molecule has 150 valence electrons. The maximum atomic E-state index is 13.2. The van der Waals surface area contributed by atoms with Crippen LogP contribution in [0.3, 0.4) is 0 Å². The molecule has 2 N–H and O–H groups in total. The first kappa shape index (κ1) is 19.0. The molecule has 0 bridgehead atoms. The fraction of sp³-hybridized carbons (Fsp3) is 0.545. The number of nitrogens with one attached hydrogen (secondary N) is 1. The Balaban J connectivity index is 1.62. The van der Waals surface area contributed by atoms with Gasteiger partial charge in [0.25, 0.3) is 0 Å². The number of aryl methyl sites for hydroxylation is 3. The van der Waals surface area contributed by atoms with E-state index >= 15 is 0 Å². The van der Waals surface area contributed by atoms with Gasteiger partial charge < -0.3 is 19.7 Å². The van der Waals surface area contributed by atoms with Gasteiger partial charge in [-0.1, -0.05) is 6.07 Å². The number of carboxylic acids is 1. The lowest BCUT2D eigenvalue weighted by Crippen LogP contribution is -2.42. The summed E-state index contributed by atoms with van der Waals surface area (Å²) in [6.07, 6.45) is 4.24. The monoisotopic (exact) mass is 384 g/mol. The molecule has 1 aromatic heterocycles. The number of carbonyl (C=O) groups is 2. The molecule has 4 rings (SSSR count). The first-order chi connectivity index (χ1) is 13.3. The van der Waals surface area contributed by atoms with E-state index in [0.717, 1.165) is 59.2 Å². The minimum Gasteiger partial charge on any atom is -0.480 e. The second-order valence-electron chi connectivity index (χ2n) is 8.61. The molecule has 2 aliphatic heterocycles. The molecule has 3 heterocycles. The fourth-order valence-electron chi connectivity index (χ4n) is 5.04. The van der Waals surface area contributed by atoms with Crippen molar-refractivity contribution < 1.29 is 19.1 Å². The number of hydrogen-bond donors (Lipinski definition) is 2. The van der Waals surface area contributed by atoms with Crippen molar-refractivity contribution in [2.75, 3.05) is 19.6 Å². The Kier molecular flexibility index (Phi) is 4.70. The summed E-state index contributed by atoms with van der Waals surface area (Å²) in [6, 6.07) is 1.38. The first-order valence-electron chi connectivity index (χ1n) is 10.0. The van der Waals surface area contributed by atoms with E-state index in [9.17, 15) is 14.7 Å². The van der Waals surface area contributed by atoms with Crippen molar-refractivity contribution >= 4 is 22.8 Å². The van der Waals surface area contributed by atoms with Gasteiger partial charge in [-0.05, 0) is 75.2 Å². The van der Waals surface area contributed by atoms with Gasteiger partial charge in [-0.15, -0.1) is 0 Å². The van der Waals surface area contributed by atoms with Gasteiger partial charge in [-0.2, -0.15) is 0 Å². The number of piperidine rings is 1. The lowest BCUT2D eigenvalue weighted by molar-refractivity contribution is -0.147. The third-order valence-corrected chi connectivity index (χ3v) is 6.75. The average molecular weight is 384 g/mol. The van der Waals surface area contributed by atoms with Crippen LogP contribution in [0.5, 0.6) is 0 Å². The van der Waals surface area contributed by atoms with Gasteiger partial charge in [0.15, 0.2) is 0 Å². The second kappa shape index (κ2) is 6.92. The van der Waals surface area contributed by atoms with E-state index in [1.165, 1.54) is 0 Å². The van der Waals surface area contributed by atoms with Gasteiger partial charge >= 0.3 is 5.97 Å². The molecule has 1 atom stereocenters. The van der Waals surface area contributed by atoms with E-state index in [2.05, 4.69) is 18.3 Å². The second-order valence-corrected chi connectivity index (χ2v) is 8.61. The van der Waals surface area contributed by atoms with Crippen LogP contribution >= 0.6 is 0 Å². The van der Waals surface area contributed by atoms with E-state index < -0.39 is 12.0 Å². The Labute approximate surface area is 164 Å². The van der Waals surface area contributed by atoms with Crippen molar-refractivity contribution in [3.05, 3.63) is 34.6 Å². The maximum absolute atomic E-state index is 13.2. The Bertz CT molecular complexity index is 940. The van der Waals surface area contributed by atoms with Crippen LogP contribution in [0.2, 0.25) is 0 Å². The highest BCUT2D eigenvalue weighted by atomic mass is 16.4. The lowest BCUT2D eigenvalue weighted by atomic mass is 9.77. The Morgan fingerprint density at radius 1 is 1.25 bits per heavy atom. The molecule has 0 radical (unpaired) electrons. The zero-order valence-corrected chi connectivity index (χ0v) is 16.8. The van der Waals surface area contributed by atoms with E-state index in [-0.39, 0.29) is 17.7 Å². The Morgan fingerprint density at radius 2 is 1.96 bits per heavy atom. The summed E-state index contributed by atoms with van der Waals surface area (Å²) < 4.78 is 5.79. The molecular weight excluding hydrogens is 356 g/mol. The minimum absolute atomic E-state index is 0.0634. The molecule has 2 aromatic rings. The van der Waals surface area contributed by atoms with Crippen LogP contribution in [0.25, 0.3) is 11.0 Å². The number of likely N-dealkylation sites (tertiary alicyclic amines) is 1. The highest BCUT2D eigenvalue weighted by Crippen LogP contribution is 2.42. The third-order valence-electron chi connectivity index (χ3n) is 6.75. The van der Waals surface area contributed by atoms with Gasteiger partial charge in [-0.25, -0.2) is 4.79 Å². The summed E-state index contributed by atoms with van der Waals surface area (Å²) in [6.45, 7) is 8.41. The molecule has 0 saturated carbocycles. The molecule has 28 heavy (non-hydrogen) atoms. The number of benzene rings is 1. The molecule has 6 heteroatoms. The molecule has 2 aliphatic rings. The number of fused-ring (bicyclic) bond motifs is 1. The molecule has 0 aliphatic carbocycles. The highest BCUT2D eigenvalue weighted by Gasteiger charge is 2.48. The van der Waals surface area contributed by atoms with Crippen LogP contribution in [-0.2, 0) is 16.0 Å². The number of hydrogen-bond acceptors (Lipinski definition) is 4. The number of nitrogens with zero attached hydrogens (tertiary/aromatic N) is 1. The highest BCUT2D eigenvalue weighted by molar-refractivity contribution is 5.93. The molecular formula is C22H28N2O4. The number of aliphatic carboxylic acids is 1. The summed E-state index contributed by atoms with van der Waals surface area (Å²) in [5.41, 5.74) is 4.93. The summed E-state index contributed by atoms with van der Waals surface area (Å²) in [7, 11) is 0. The summed E-state index contributed by atoms with van der Waals surface area (Å²) >= 11 is 0. The minimum atomic E-state index is -0.900. The maximum Gasteiger partial charge on any atom is 0.326 e. The predicted molar refractivity (Wildman–Crippen MR) is 106 cm³/mol. The number of carboxylic acid groups (broad SMARTS) is 1. The van der Waals surface area contributed by atoms with Gasteiger partial charge in [0.2, 0.25) is 5.91 Å². The number of amides is 1. The van der Waals surface area contributed by atoms with Crippen LogP contribution in [0.1, 0.15) is 41.5 Å². The molecule has 2 saturated heterocycles. The summed E-state index contributed by atoms with van der Waals surface area (Å²) in [5.74, 6) is -1.02. The van der Waals surface area contributed by atoms with Gasteiger partial charge in [0, 0.05) is 17.5 Å². The molecule has 1 amide bonds. The molecule has 2 fully saturated rings. The zero-order valence-electron chi connectivity index (χ0n) is 16.8. The van der Waals surface area contributed by atoms with Crippen LogP contribution in [-0.4, -0.2) is 47.6 Å². The number of carbonyl (C=O) groups excluding carboxylic acids is 1. The van der Waals surface area contributed by atoms with Gasteiger partial charge in [0.1, 0.15) is 11.6 Å². The fourth-order valence-corrected chi connectivity index (χ4v) is 5.04. The average Bonchev–Trinajstić information content (AvgIpc) is 3.23.